The van der Waals surface area contributed by atoms with Gasteiger partial charge in [0.1, 0.15) is 37.6 Å². The number of hydrogen-bond donors (Lipinski definition) is 4. The lowest BCUT2D eigenvalue weighted by atomic mass is 9.96. The van der Waals surface area contributed by atoms with Crippen LogP contribution in [0.2, 0.25) is 0 Å². The minimum atomic E-state index is -2.41. The summed E-state index contributed by atoms with van der Waals surface area (Å²) in [5.41, 5.74) is 0. The standard InChI is InChI=1S/C33H56O15/c1-8-12-13-14-23(36)44-26-25(45-30(40)19(6)10-3)22(16-42-29(39)18(5)9-2)43-32(27(26)46-31(41)20(7)11-4)48-33(17-35)28(38)24(37)21(15-34)47-33/h18-22,24-28,32,34-35,37-38H,8-17H2,1-7H3/t18-,19-,20-,21-,22-,24-,25-,26+,27-,28+,32-,33+/m1/s1. The van der Waals surface area contributed by atoms with Crippen LogP contribution in [0.1, 0.15) is 93.4 Å². The van der Waals surface area contributed by atoms with E-state index in [1.54, 1.807) is 41.5 Å². The topological polar surface area (TPSA) is 214 Å². The van der Waals surface area contributed by atoms with Crippen LogP contribution in [0, 0.1) is 17.8 Å². The van der Waals surface area contributed by atoms with Crippen molar-refractivity contribution in [3.63, 3.8) is 0 Å². The quantitative estimate of drug-likeness (QED) is 0.0858. The van der Waals surface area contributed by atoms with Crippen molar-refractivity contribution in [3.8, 4) is 0 Å². The number of ether oxygens (including phenoxy) is 7. The van der Waals surface area contributed by atoms with Gasteiger partial charge in [-0.15, -0.1) is 0 Å². The van der Waals surface area contributed by atoms with Crippen molar-refractivity contribution in [1.29, 1.82) is 0 Å². The van der Waals surface area contributed by atoms with Crippen molar-refractivity contribution in [2.45, 2.75) is 148 Å². The van der Waals surface area contributed by atoms with Gasteiger partial charge in [-0.25, -0.2) is 0 Å². The van der Waals surface area contributed by atoms with E-state index in [2.05, 4.69) is 0 Å². The van der Waals surface area contributed by atoms with E-state index in [4.69, 9.17) is 33.2 Å². The Morgan fingerprint density at radius 3 is 1.81 bits per heavy atom. The van der Waals surface area contributed by atoms with E-state index < -0.39 is 116 Å². The lowest BCUT2D eigenvalue weighted by Crippen LogP contribution is -2.65. The molecule has 15 nitrogen and oxygen atoms in total. The van der Waals surface area contributed by atoms with Crippen LogP contribution in [-0.2, 0) is 52.3 Å². The fraction of sp³-hybridized carbons (Fsp3) is 0.879. The lowest BCUT2D eigenvalue weighted by Gasteiger charge is -2.46. The monoisotopic (exact) mass is 692 g/mol. The van der Waals surface area contributed by atoms with Gasteiger partial charge < -0.3 is 53.6 Å². The first-order valence-electron chi connectivity index (χ1n) is 17.1. The van der Waals surface area contributed by atoms with Crippen LogP contribution in [-0.4, -0.2) is 119 Å². The number of hydrogen-bond acceptors (Lipinski definition) is 15. The predicted octanol–water partition coefficient (Wildman–Crippen LogP) is 1.53. The molecule has 0 unspecified atom stereocenters. The zero-order chi connectivity index (χ0) is 36.2. The van der Waals surface area contributed by atoms with E-state index in [1.165, 1.54) is 0 Å². The molecule has 0 amide bonds. The van der Waals surface area contributed by atoms with Gasteiger partial charge in [0.15, 0.2) is 18.3 Å². The zero-order valence-corrected chi connectivity index (χ0v) is 29.2. The second-order valence-corrected chi connectivity index (χ2v) is 12.7. The third kappa shape index (κ3) is 10.6. The summed E-state index contributed by atoms with van der Waals surface area (Å²) in [5, 5.41) is 41.5. The van der Waals surface area contributed by atoms with Gasteiger partial charge in [-0.2, -0.15) is 0 Å². The highest BCUT2D eigenvalue weighted by Crippen LogP contribution is 2.38. The maximum Gasteiger partial charge on any atom is 0.309 e. The highest BCUT2D eigenvalue weighted by atomic mass is 16.8. The molecule has 2 fully saturated rings. The van der Waals surface area contributed by atoms with Crippen LogP contribution < -0.4 is 0 Å². The number of esters is 4. The molecule has 2 aliphatic rings. The molecule has 2 rings (SSSR count). The van der Waals surface area contributed by atoms with Gasteiger partial charge in [-0.3, -0.25) is 19.2 Å². The van der Waals surface area contributed by atoms with E-state index >= 15 is 0 Å². The minimum Gasteiger partial charge on any atom is -0.463 e. The molecule has 48 heavy (non-hydrogen) atoms. The van der Waals surface area contributed by atoms with E-state index in [-0.39, 0.29) is 6.42 Å². The summed E-state index contributed by atoms with van der Waals surface area (Å²) >= 11 is 0. The number of carbonyl (C=O) groups excluding carboxylic acids is 4. The molecule has 0 aromatic rings. The second kappa shape index (κ2) is 19.7. The summed E-state index contributed by atoms with van der Waals surface area (Å²) in [6.07, 6.45) is -9.68. The molecule has 15 heteroatoms. The van der Waals surface area contributed by atoms with E-state index in [0.29, 0.717) is 25.7 Å². The molecule has 0 bridgehead atoms. The number of aliphatic hydroxyl groups is 4. The van der Waals surface area contributed by atoms with Crippen molar-refractivity contribution >= 4 is 23.9 Å². The van der Waals surface area contributed by atoms with Gasteiger partial charge in [0.2, 0.25) is 12.1 Å². The van der Waals surface area contributed by atoms with Crippen molar-refractivity contribution < 1.29 is 72.8 Å². The molecule has 0 radical (unpaired) electrons. The summed E-state index contributed by atoms with van der Waals surface area (Å²) in [6.45, 7) is 9.85. The molecular weight excluding hydrogens is 636 g/mol. The smallest absolute Gasteiger partial charge is 0.309 e. The van der Waals surface area contributed by atoms with Gasteiger partial charge in [0.05, 0.1) is 24.4 Å². The second-order valence-electron chi connectivity index (χ2n) is 12.7. The molecule has 0 aromatic heterocycles. The molecule has 0 aliphatic carbocycles. The van der Waals surface area contributed by atoms with Crippen LogP contribution in [0.15, 0.2) is 0 Å². The third-order valence-corrected chi connectivity index (χ3v) is 9.00. The van der Waals surface area contributed by atoms with Crippen molar-refractivity contribution in [2.75, 3.05) is 19.8 Å². The van der Waals surface area contributed by atoms with E-state index in [9.17, 15) is 39.6 Å². The number of unbranched alkanes of at least 4 members (excludes halogenated alkanes) is 2. The Bertz CT molecular complexity index is 1040. The molecule has 0 aromatic carbocycles. The third-order valence-electron chi connectivity index (χ3n) is 9.00. The predicted molar refractivity (Wildman–Crippen MR) is 167 cm³/mol. The minimum absolute atomic E-state index is 0.0186. The first-order chi connectivity index (χ1) is 22.7. The van der Waals surface area contributed by atoms with Gasteiger partial charge in [-0.1, -0.05) is 61.3 Å². The first-order valence-corrected chi connectivity index (χ1v) is 17.1. The maximum absolute atomic E-state index is 13.3. The summed E-state index contributed by atoms with van der Waals surface area (Å²) < 4.78 is 40.9. The number of carbonyl (C=O) groups is 4. The highest BCUT2D eigenvalue weighted by molar-refractivity contribution is 5.74. The Morgan fingerprint density at radius 2 is 1.31 bits per heavy atom. The summed E-state index contributed by atoms with van der Waals surface area (Å²) in [4.78, 5) is 52.4. The Kier molecular flexibility index (Phi) is 17.1. The van der Waals surface area contributed by atoms with Gasteiger partial charge >= 0.3 is 23.9 Å². The summed E-state index contributed by atoms with van der Waals surface area (Å²) in [7, 11) is 0. The molecule has 0 saturated carbocycles. The molecule has 12 atom stereocenters. The average molecular weight is 693 g/mol. The van der Waals surface area contributed by atoms with Crippen molar-refractivity contribution in [2.24, 2.45) is 17.8 Å². The SMILES string of the molecule is CCCCCC(=O)O[C@@H]1[C@@H](OC(=O)[C@H](C)CC)[C@@H](O[C@]2(CO)O[C@H](CO)[C@@H](O)[C@@H]2O)O[C@H](COC(=O)[C@H](C)CC)[C@H]1OC(=O)[C@H](C)CC. The summed E-state index contributed by atoms with van der Waals surface area (Å²) in [5.74, 6) is -6.87. The highest BCUT2D eigenvalue weighted by Gasteiger charge is 2.61. The van der Waals surface area contributed by atoms with Crippen LogP contribution in [0.25, 0.3) is 0 Å². The van der Waals surface area contributed by atoms with Gasteiger partial charge in [0, 0.05) is 6.42 Å². The molecule has 2 aliphatic heterocycles. The van der Waals surface area contributed by atoms with E-state index in [1.807, 2.05) is 6.92 Å². The Morgan fingerprint density at radius 1 is 0.750 bits per heavy atom. The molecular formula is C33H56O15. The van der Waals surface area contributed by atoms with Gasteiger partial charge in [0.25, 0.3) is 0 Å². The van der Waals surface area contributed by atoms with Crippen LogP contribution >= 0.6 is 0 Å². The number of aliphatic hydroxyl groups excluding tert-OH is 4. The molecule has 0 spiro atoms. The Labute approximate surface area is 282 Å². The van der Waals surface area contributed by atoms with Crippen LogP contribution in [0.3, 0.4) is 0 Å². The molecule has 2 saturated heterocycles. The first kappa shape index (κ1) is 41.8. The zero-order valence-electron chi connectivity index (χ0n) is 29.2. The van der Waals surface area contributed by atoms with E-state index in [0.717, 1.165) is 12.8 Å². The van der Waals surface area contributed by atoms with Crippen molar-refractivity contribution in [1.82, 2.24) is 0 Å². The average Bonchev–Trinajstić information content (AvgIpc) is 3.33. The molecule has 278 valence electrons. The Balaban J connectivity index is 2.70. The fourth-order valence-electron chi connectivity index (χ4n) is 5.01. The summed E-state index contributed by atoms with van der Waals surface area (Å²) in [6, 6.07) is 0. The Hall–Kier alpha value is -2.40. The van der Waals surface area contributed by atoms with Crippen LogP contribution in [0.4, 0.5) is 0 Å². The lowest BCUT2D eigenvalue weighted by molar-refractivity contribution is -0.384. The van der Waals surface area contributed by atoms with Crippen molar-refractivity contribution in [3.05, 3.63) is 0 Å². The largest absolute Gasteiger partial charge is 0.463 e. The molecule has 4 N–H and O–H groups in total. The van der Waals surface area contributed by atoms with Crippen LogP contribution in [0.5, 0.6) is 0 Å². The maximum atomic E-state index is 13.3. The molecule has 2 heterocycles. The fourth-order valence-corrected chi connectivity index (χ4v) is 5.01. The number of rotatable bonds is 19. The van der Waals surface area contributed by atoms with Gasteiger partial charge in [-0.05, 0) is 25.7 Å². The normalized spacial score (nSPS) is 32.1.